The maximum absolute atomic E-state index is 12.7. The fourth-order valence-corrected chi connectivity index (χ4v) is 4.47. The maximum Gasteiger partial charge on any atom is 0.248 e. The molecule has 2 aromatic rings. The first kappa shape index (κ1) is 22.8. The van der Waals surface area contributed by atoms with E-state index in [1.54, 1.807) is 48.5 Å². The smallest absolute Gasteiger partial charge is 0.248 e. The molecule has 0 aliphatic carbocycles. The van der Waals surface area contributed by atoms with Crippen LogP contribution in [0.1, 0.15) is 12.5 Å². The van der Waals surface area contributed by atoms with Gasteiger partial charge in [-0.2, -0.15) is 4.31 Å². The van der Waals surface area contributed by atoms with Crippen molar-refractivity contribution in [1.29, 1.82) is 0 Å². The number of sulfonamides is 1. The molecule has 166 valence electrons. The fourth-order valence-electron chi connectivity index (χ4n) is 3.06. The molecule has 1 saturated heterocycles. The number of nitrogens with one attached hydrogen (secondary N) is 1. The number of ether oxygens (including phenoxy) is 3. The van der Waals surface area contributed by atoms with E-state index in [4.69, 9.17) is 14.2 Å². The lowest BCUT2D eigenvalue weighted by molar-refractivity contribution is -0.111. The van der Waals surface area contributed by atoms with Crippen LogP contribution in [0.25, 0.3) is 6.08 Å². The Morgan fingerprint density at radius 3 is 2.48 bits per heavy atom. The zero-order valence-electron chi connectivity index (χ0n) is 17.5. The van der Waals surface area contributed by atoms with Crippen molar-refractivity contribution in [3.8, 4) is 11.5 Å². The summed E-state index contributed by atoms with van der Waals surface area (Å²) in [5.41, 5.74) is 1.28. The molecule has 9 heteroatoms. The van der Waals surface area contributed by atoms with Gasteiger partial charge in [-0.3, -0.25) is 4.79 Å². The largest absolute Gasteiger partial charge is 0.493 e. The molecule has 8 nitrogen and oxygen atoms in total. The van der Waals surface area contributed by atoms with Crippen molar-refractivity contribution in [2.75, 3.05) is 45.3 Å². The Hall–Kier alpha value is -2.88. The minimum absolute atomic E-state index is 0.220. The standard InChI is InChI=1S/C22H26N2O6S/c1-3-30-20-10-7-18(16-21(20)28-2)23-22(25)11-6-17-4-8-19(9-5-17)31(26,27)24-12-14-29-15-13-24/h4-11,16H,3,12-15H2,1-2H3,(H,23,25)/b11-6+. The average molecular weight is 447 g/mol. The summed E-state index contributed by atoms with van der Waals surface area (Å²) in [5.74, 6) is 0.808. The van der Waals surface area contributed by atoms with Crippen LogP contribution in [0.15, 0.2) is 53.4 Å². The quantitative estimate of drug-likeness (QED) is 0.627. The monoisotopic (exact) mass is 446 g/mol. The second-order valence-electron chi connectivity index (χ2n) is 6.71. The van der Waals surface area contributed by atoms with Crippen LogP contribution in [-0.2, 0) is 19.6 Å². The van der Waals surface area contributed by atoms with E-state index in [1.165, 1.54) is 17.5 Å². The molecule has 1 N–H and O–H groups in total. The van der Waals surface area contributed by atoms with E-state index in [9.17, 15) is 13.2 Å². The normalized spacial score (nSPS) is 15.0. The lowest BCUT2D eigenvalue weighted by Crippen LogP contribution is -2.40. The zero-order valence-corrected chi connectivity index (χ0v) is 18.4. The number of nitrogens with zero attached hydrogens (tertiary/aromatic N) is 1. The van der Waals surface area contributed by atoms with Crippen molar-refractivity contribution in [2.45, 2.75) is 11.8 Å². The number of hydrogen-bond donors (Lipinski definition) is 1. The number of rotatable bonds is 8. The van der Waals surface area contributed by atoms with Crippen LogP contribution in [0.3, 0.4) is 0 Å². The van der Waals surface area contributed by atoms with Gasteiger partial charge in [-0.15, -0.1) is 0 Å². The van der Waals surface area contributed by atoms with Crippen molar-refractivity contribution in [2.24, 2.45) is 0 Å². The first-order valence-corrected chi connectivity index (χ1v) is 11.4. The zero-order chi connectivity index (χ0) is 22.3. The van der Waals surface area contributed by atoms with E-state index in [-0.39, 0.29) is 10.8 Å². The van der Waals surface area contributed by atoms with Crippen molar-refractivity contribution in [1.82, 2.24) is 4.31 Å². The molecule has 31 heavy (non-hydrogen) atoms. The molecule has 1 aliphatic heterocycles. The van der Waals surface area contributed by atoms with E-state index < -0.39 is 10.0 Å². The highest BCUT2D eigenvalue weighted by Gasteiger charge is 2.25. The fraction of sp³-hybridized carbons (Fsp3) is 0.318. The van der Waals surface area contributed by atoms with Gasteiger partial charge >= 0.3 is 0 Å². The van der Waals surface area contributed by atoms with E-state index >= 15 is 0 Å². The average Bonchev–Trinajstić information content (AvgIpc) is 2.79. The molecule has 3 rings (SSSR count). The number of hydrogen-bond acceptors (Lipinski definition) is 6. The summed E-state index contributed by atoms with van der Waals surface area (Å²) in [7, 11) is -2.00. The number of carbonyl (C=O) groups excluding carboxylic acids is 1. The van der Waals surface area contributed by atoms with Gasteiger partial charge in [-0.1, -0.05) is 12.1 Å². The van der Waals surface area contributed by atoms with Gasteiger partial charge in [0.25, 0.3) is 0 Å². The molecule has 0 radical (unpaired) electrons. The Balaban J connectivity index is 1.63. The molecule has 0 bridgehead atoms. The van der Waals surface area contributed by atoms with Gasteiger partial charge < -0.3 is 19.5 Å². The summed E-state index contributed by atoms with van der Waals surface area (Å²) in [6.45, 7) is 3.88. The Bertz CT molecular complexity index is 1030. The first-order valence-electron chi connectivity index (χ1n) is 9.92. The maximum atomic E-state index is 12.7. The summed E-state index contributed by atoms with van der Waals surface area (Å²) >= 11 is 0. The van der Waals surface area contributed by atoms with Crippen molar-refractivity contribution in [3.63, 3.8) is 0 Å². The van der Waals surface area contributed by atoms with E-state index in [2.05, 4.69) is 5.32 Å². The summed E-state index contributed by atoms with van der Waals surface area (Å²) in [5, 5.41) is 2.76. The Morgan fingerprint density at radius 1 is 1.13 bits per heavy atom. The first-order chi connectivity index (χ1) is 14.9. The van der Waals surface area contributed by atoms with Crippen LogP contribution < -0.4 is 14.8 Å². The summed E-state index contributed by atoms with van der Waals surface area (Å²) < 4.78 is 42.7. The number of benzene rings is 2. The molecule has 0 spiro atoms. The second kappa shape index (κ2) is 10.4. The van der Waals surface area contributed by atoms with Crippen LogP contribution in [0.2, 0.25) is 0 Å². The minimum atomic E-state index is -3.54. The molecular formula is C22H26N2O6S. The number of anilines is 1. The molecule has 0 aromatic heterocycles. The van der Waals surface area contributed by atoms with Gasteiger partial charge in [0, 0.05) is 30.9 Å². The number of amides is 1. The van der Waals surface area contributed by atoms with E-state index in [0.717, 1.165) is 0 Å². The van der Waals surface area contributed by atoms with Crippen LogP contribution in [0, 0.1) is 0 Å². The summed E-state index contributed by atoms with van der Waals surface area (Å²) in [6.07, 6.45) is 3.00. The molecule has 0 atom stereocenters. The van der Waals surface area contributed by atoms with Gasteiger partial charge in [-0.25, -0.2) is 8.42 Å². The molecule has 1 aliphatic rings. The highest BCUT2D eigenvalue weighted by Crippen LogP contribution is 2.30. The second-order valence-corrected chi connectivity index (χ2v) is 8.64. The van der Waals surface area contributed by atoms with Gasteiger partial charge in [-0.05, 0) is 42.8 Å². The van der Waals surface area contributed by atoms with E-state index in [0.29, 0.717) is 55.7 Å². The SMILES string of the molecule is CCOc1ccc(NC(=O)/C=C/c2ccc(S(=O)(=O)N3CCOCC3)cc2)cc1OC. The predicted octanol–water partition coefficient (Wildman–Crippen LogP) is 2.77. The highest BCUT2D eigenvalue weighted by molar-refractivity contribution is 7.89. The Labute approximate surface area is 182 Å². The van der Waals surface area contributed by atoms with Gasteiger partial charge in [0.2, 0.25) is 15.9 Å². The molecule has 1 amide bonds. The lowest BCUT2D eigenvalue weighted by Gasteiger charge is -2.26. The summed E-state index contributed by atoms with van der Waals surface area (Å²) in [4.78, 5) is 12.5. The lowest BCUT2D eigenvalue weighted by atomic mass is 10.2. The van der Waals surface area contributed by atoms with Crippen molar-refractivity contribution >= 4 is 27.7 Å². The van der Waals surface area contributed by atoms with Crippen LogP contribution in [0.5, 0.6) is 11.5 Å². The van der Waals surface area contributed by atoms with E-state index in [1.807, 2.05) is 6.92 Å². The predicted molar refractivity (Wildman–Crippen MR) is 118 cm³/mol. The topological polar surface area (TPSA) is 94.2 Å². The molecule has 0 saturated carbocycles. The number of carbonyl (C=O) groups is 1. The van der Waals surface area contributed by atoms with Gasteiger partial charge in [0.1, 0.15) is 0 Å². The molecule has 1 fully saturated rings. The Morgan fingerprint density at radius 2 is 1.84 bits per heavy atom. The van der Waals surface area contributed by atoms with Crippen LogP contribution >= 0.6 is 0 Å². The van der Waals surface area contributed by atoms with Crippen LogP contribution in [-0.4, -0.2) is 58.7 Å². The molecular weight excluding hydrogens is 420 g/mol. The molecule has 0 unspecified atom stereocenters. The van der Waals surface area contributed by atoms with Crippen molar-refractivity contribution in [3.05, 3.63) is 54.1 Å². The third-order valence-electron chi connectivity index (χ3n) is 4.65. The van der Waals surface area contributed by atoms with Gasteiger partial charge in [0.05, 0.1) is 31.8 Å². The van der Waals surface area contributed by atoms with Gasteiger partial charge in [0.15, 0.2) is 11.5 Å². The van der Waals surface area contributed by atoms with Crippen LogP contribution in [0.4, 0.5) is 5.69 Å². The van der Waals surface area contributed by atoms with Crippen molar-refractivity contribution < 1.29 is 27.4 Å². The Kier molecular flexibility index (Phi) is 7.67. The molecule has 1 heterocycles. The third-order valence-corrected chi connectivity index (χ3v) is 6.56. The minimum Gasteiger partial charge on any atom is -0.493 e. The number of methoxy groups -OCH3 is 1. The number of morpholine rings is 1. The molecule has 2 aromatic carbocycles. The third kappa shape index (κ3) is 5.84. The highest BCUT2D eigenvalue weighted by atomic mass is 32.2. The summed E-state index contributed by atoms with van der Waals surface area (Å²) in [6, 6.07) is 11.6.